The molecule has 2 aromatic rings. The van der Waals surface area contributed by atoms with Crippen LogP contribution in [0.25, 0.3) is 11.3 Å². The normalized spacial score (nSPS) is 11.9. The zero-order valence-corrected chi connectivity index (χ0v) is 12.7. The van der Waals surface area contributed by atoms with Crippen molar-refractivity contribution in [2.45, 2.75) is 24.8 Å². The Kier molecular flexibility index (Phi) is 3.95. The molecule has 2 rings (SSSR count). The molecule has 0 saturated heterocycles. The lowest BCUT2D eigenvalue weighted by molar-refractivity contribution is 0.112. The average Bonchev–Trinajstić information content (AvgIpc) is 2.81. The molecular formula is C14H15FN2O3S. The minimum Gasteiger partial charge on any atom is -0.298 e. The topological polar surface area (TPSA) is 69.0 Å². The smallest absolute Gasteiger partial charge is 0.178 e. The van der Waals surface area contributed by atoms with Gasteiger partial charge in [-0.3, -0.25) is 9.48 Å². The van der Waals surface area contributed by atoms with Crippen LogP contribution in [0.2, 0.25) is 0 Å². The van der Waals surface area contributed by atoms with E-state index >= 15 is 0 Å². The summed E-state index contributed by atoms with van der Waals surface area (Å²) in [7, 11) is -3.63. The van der Waals surface area contributed by atoms with Gasteiger partial charge in [0.1, 0.15) is 16.4 Å². The molecule has 1 aromatic heterocycles. The Morgan fingerprint density at radius 1 is 1.33 bits per heavy atom. The largest absolute Gasteiger partial charge is 0.298 e. The van der Waals surface area contributed by atoms with Crippen LogP contribution in [-0.4, -0.2) is 30.7 Å². The zero-order valence-electron chi connectivity index (χ0n) is 11.9. The number of aldehydes is 1. The molecule has 0 aliphatic rings. The summed E-state index contributed by atoms with van der Waals surface area (Å²) in [6, 6.07) is 3.76. The summed E-state index contributed by atoms with van der Waals surface area (Å²) in [4.78, 5) is 10.7. The lowest BCUT2D eigenvalue weighted by atomic mass is 10.1. The summed E-state index contributed by atoms with van der Waals surface area (Å²) in [5.74, 6) is -0.856. The molecule has 0 bridgehead atoms. The number of aromatic nitrogens is 2. The Hall–Kier alpha value is -2.02. The number of carbonyl (C=O) groups is 1. The summed E-state index contributed by atoms with van der Waals surface area (Å²) in [6.45, 7) is 3.80. The SMILES string of the molecule is CC(C)n1cc(C=O)c(-c2ccc(S(C)(=O)=O)c(F)c2)n1. The van der Waals surface area contributed by atoms with Crippen molar-refractivity contribution in [3.05, 3.63) is 35.8 Å². The number of sulfone groups is 1. The van der Waals surface area contributed by atoms with Gasteiger partial charge < -0.3 is 0 Å². The highest BCUT2D eigenvalue weighted by molar-refractivity contribution is 7.90. The van der Waals surface area contributed by atoms with E-state index < -0.39 is 15.7 Å². The van der Waals surface area contributed by atoms with Gasteiger partial charge in [0, 0.05) is 24.1 Å². The maximum absolute atomic E-state index is 13.9. The molecule has 1 heterocycles. The van der Waals surface area contributed by atoms with E-state index in [9.17, 15) is 17.6 Å². The lowest BCUT2D eigenvalue weighted by Crippen LogP contribution is -2.02. The molecule has 112 valence electrons. The second-order valence-corrected chi connectivity index (χ2v) is 7.03. The molecule has 0 saturated carbocycles. The van der Waals surface area contributed by atoms with Crippen LogP contribution in [0, 0.1) is 5.82 Å². The fourth-order valence-electron chi connectivity index (χ4n) is 1.93. The standard InChI is InChI=1S/C14H15FN2O3S/c1-9(2)17-7-11(8-18)14(16-17)10-4-5-13(12(15)6-10)21(3,19)20/h4-9H,1-3H3. The molecule has 7 heteroatoms. The first kappa shape index (κ1) is 15.4. The highest BCUT2D eigenvalue weighted by Crippen LogP contribution is 2.26. The first-order chi connectivity index (χ1) is 9.74. The van der Waals surface area contributed by atoms with E-state index in [4.69, 9.17) is 0 Å². The molecule has 5 nitrogen and oxygen atoms in total. The molecule has 0 N–H and O–H groups in total. The van der Waals surface area contributed by atoms with Gasteiger partial charge in [0.2, 0.25) is 0 Å². The fourth-order valence-corrected chi connectivity index (χ4v) is 2.66. The van der Waals surface area contributed by atoms with Crippen LogP contribution in [0.3, 0.4) is 0 Å². The van der Waals surface area contributed by atoms with E-state index in [1.165, 1.54) is 12.1 Å². The van der Waals surface area contributed by atoms with Crippen molar-refractivity contribution < 1.29 is 17.6 Å². The van der Waals surface area contributed by atoms with Crippen LogP contribution < -0.4 is 0 Å². The van der Waals surface area contributed by atoms with Crippen molar-refractivity contribution in [3.63, 3.8) is 0 Å². The number of halogens is 1. The molecular weight excluding hydrogens is 295 g/mol. The number of hydrogen-bond donors (Lipinski definition) is 0. The van der Waals surface area contributed by atoms with Crippen molar-refractivity contribution in [2.75, 3.05) is 6.26 Å². The van der Waals surface area contributed by atoms with Gasteiger partial charge in [0.15, 0.2) is 16.1 Å². The van der Waals surface area contributed by atoms with E-state index in [0.717, 1.165) is 12.3 Å². The van der Waals surface area contributed by atoms with Crippen molar-refractivity contribution in [2.24, 2.45) is 0 Å². The van der Waals surface area contributed by atoms with Gasteiger partial charge >= 0.3 is 0 Å². The van der Waals surface area contributed by atoms with E-state index in [-0.39, 0.29) is 10.9 Å². The van der Waals surface area contributed by atoms with Gasteiger partial charge in [-0.15, -0.1) is 0 Å². The zero-order chi connectivity index (χ0) is 15.8. The number of carbonyl (C=O) groups excluding carboxylic acids is 1. The van der Waals surface area contributed by atoms with Crippen LogP contribution >= 0.6 is 0 Å². The molecule has 0 aliphatic carbocycles. The van der Waals surface area contributed by atoms with E-state index in [1.54, 1.807) is 10.9 Å². The molecule has 0 spiro atoms. The summed E-state index contributed by atoms with van der Waals surface area (Å²) >= 11 is 0. The van der Waals surface area contributed by atoms with Gasteiger partial charge in [0.05, 0.1) is 5.56 Å². The van der Waals surface area contributed by atoms with Gasteiger partial charge in [-0.05, 0) is 26.0 Å². The maximum atomic E-state index is 13.9. The molecule has 21 heavy (non-hydrogen) atoms. The fraction of sp³-hybridized carbons (Fsp3) is 0.286. The quantitative estimate of drug-likeness (QED) is 0.814. The highest BCUT2D eigenvalue weighted by atomic mass is 32.2. The Morgan fingerprint density at radius 3 is 2.48 bits per heavy atom. The van der Waals surface area contributed by atoms with E-state index in [1.807, 2.05) is 13.8 Å². The van der Waals surface area contributed by atoms with Crippen molar-refractivity contribution in [3.8, 4) is 11.3 Å². The Balaban J connectivity index is 2.58. The predicted molar refractivity (Wildman–Crippen MR) is 76.5 cm³/mol. The summed E-state index contributed by atoms with van der Waals surface area (Å²) in [5.41, 5.74) is 1.02. The third-order valence-corrected chi connectivity index (χ3v) is 4.15. The Morgan fingerprint density at radius 2 is 2.00 bits per heavy atom. The van der Waals surface area contributed by atoms with Gasteiger partial charge in [-0.2, -0.15) is 5.10 Å². The Labute approximate surface area is 122 Å². The van der Waals surface area contributed by atoms with Gasteiger partial charge in [-0.1, -0.05) is 6.07 Å². The monoisotopic (exact) mass is 310 g/mol. The number of benzene rings is 1. The third kappa shape index (κ3) is 3.02. The lowest BCUT2D eigenvalue weighted by Gasteiger charge is -2.05. The maximum Gasteiger partial charge on any atom is 0.178 e. The Bertz CT molecular complexity index is 795. The molecule has 0 atom stereocenters. The van der Waals surface area contributed by atoms with Crippen LogP contribution in [0.15, 0.2) is 29.3 Å². The number of nitrogens with zero attached hydrogens (tertiary/aromatic N) is 2. The van der Waals surface area contributed by atoms with Crippen LogP contribution in [0.5, 0.6) is 0 Å². The summed E-state index contributed by atoms with van der Waals surface area (Å²) in [6.07, 6.45) is 3.16. The number of hydrogen-bond acceptors (Lipinski definition) is 4. The highest BCUT2D eigenvalue weighted by Gasteiger charge is 2.17. The molecule has 1 aromatic carbocycles. The van der Waals surface area contributed by atoms with Crippen LogP contribution in [0.4, 0.5) is 4.39 Å². The van der Waals surface area contributed by atoms with E-state index in [0.29, 0.717) is 23.1 Å². The molecule has 0 amide bonds. The molecule has 0 fully saturated rings. The third-order valence-electron chi connectivity index (χ3n) is 3.02. The van der Waals surface area contributed by atoms with Crippen molar-refractivity contribution in [1.82, 2.24) is 9.78 Å². The summed E-state index contributed by atoms with van der Waals surface area (Å²) in [5, 5.41) is 4.25. The number of rotatable bonds is 4. The van der Waals surface area contributed by atoms with Crippen LogP contribution in [0.1, 0.15) is 30.2 Å². The second-order valence-electron chi connectivity index (χ2n) is 5.04. The molecule has 0 unspecified atom stereocenters. The average molecular weight is 310 g/mol. The van der Waals surface area contributed by atoms with Crippen molar-refractivity contribution in [1.29, 1.82) is 0 Å². The van der Waals surface area contributed by atoms with E-state index in [2.05, 4.69) is 5.10 Å². The minimum atomic E-state index is -3.63. The summed E-state index contributed by atoms with van der Waals surface area (Å²) < 4.78 is 38.3. The van der Waals surface area contributed by atoms with Crippen molar-refractivity contribution >= 4 is 16.1 Å². The first-order valence-electron chi connectivity index (χ1n) is 6.28. The first-order valence-corrected chi connectivity index (χ1v) is 8.17. The van der Waals surface area contributed by atoms with Gasteiger partial charge in [0.25, 0.3) is 0 Å². The van der Waals surface area contributed by atoms with Crippen LogP contribution in [-0.2, 0) is 9.84 Å². The van der Waals surface area contributed by atoms with Gasteiger partial charge in [-0.25, -0.2) is 12.8 Å². The molecule has 0 radical (unpaired) electrons. The predicted octanol–water partition coefficient (Wildman–Crippen LogP) is 2.49. The minimum absolute atomic E-state index is 0.0533. The second kappa shape index (κ2) is 5.40. The molecule has 0 aliphatic heterocycles.